The molecule has 0 aliphatic carbocycles. The maximum absolute atomic E-state index is 12.3. The monoisotopic (exact) mass is 316 g/mol. The van der Waals surface area contributed by atoms with Crippen molar-refractivity contribution in [1.29, 1.82) is 5.26 Å². The van der Waals surface area contributed by atoms with Crippen molar-refractivity contribution in [2.45, 2.75) is 6.92 Å². The molecule has 1 aromatic heterocycles. The number of nitrogens with zero attached hydrogens (tertiary/aromatic N) is 1. The SMILES string of the molecule is CCOC(=O)c1cc(-c2ccc(C#N)cc2)[nH]c1-c1ccccc1. The van der Waals surface area contributed by atoms with E-state index in [1.807, 2.05) is 42.5 Å². The molecule has 1 heterocycles. The van der Waals surface area contributed by atoms with Gasteiger partial charge in [-0.2, -0.15) is 5.26 Å². The highest BCUT2D eigenvalue weighted by molar-refractivity contribution is 5.98. The number of carbonyl (C=O) groups excluding carboxylic acids is 1. The van der Waals surface area contributed by atoms with Gasteiger partial charge in [-0.25, -0.2) is 4.79 Å². The number of aromatic nitrogens is 1. The average molecular weight is 316 g/mol. The van der Waals surface area contributed by atoms with Crippen LogP contribution >= 0.6 is 0 Å². The van der Waals surface area contributed by atoms with Crippen LogP contribution < -0.4 is 0 Å². The summed E-state index contributed by atoms with van der Waals surface area (Å²) in [6, 6.07) is 20.8. The number of benzene rings is 2. The molecule has 0 saturated heterocycles. The molecule has 0 bridgehead atoms. The second kappa shape index (κ2) is 6.84. The Labute approximate surface area is 140 Å². The van der Waals surface area contributed by atoms with E-state index in [2.05, 4.69) is 11.1 Å². The van der Waals surface area contributed by atoms with Crippen LogP contribution in [0.3, 0.4) is 0 Å². The van der Waals surface area contributed by atoms with Crippen molar-refractivity contribution in [2.24, 2.45) is 0 Å². The van der Waals surface area contributed by atoms with Gasteiger partial charge in [0.15, 0.2) is 0 Å². The molecule has 0 aliphatic rings. The average Bonchev–Trinajstić information content (AvgIpc) is 3.08. The van der Waals surface area contributed by atoms with E-state index in [0.717, 1.165) is 22.5 Å². The van der Waals surface area contributed by atoms with Gasteiger partial charge in [0.2, 0.25) is 0 Å². The van der Waals surface area contributed by atoms with Crippen molar-refractivity contribution in [1.82, 2.24) is 4.98 Å². The van der Waals surface area contributed by atoms with Crippen LogP contribution in [-0.2, 0) is 4.74 Å². The molecular weight excluding hydrogens is 300 g/mol. The van der Waals surface area contributed by atoms with Crippen molar-refractivity contribution in [3.8, 4) is 28.6 Å². The van der Waals surface area contributed by atoms with Gasteiger partial charge in [0.1, 0.15) is 0 Å². The van der Waals surface area contributed by atoms with Gasteiger partial charge in [-0.1, -0.05) is 42.5 Å². The quantitative estimate of drug-likeness (QED) is 0.726. The van der Waals surface area contributed by atoms with Crippen LogP contribution in [0.4, 0.5) is 0 Å². The second-order valence-electron chi connectivity index (χ2n) is 5.25. The summed E-state index contributed by atoms with van der Waals surface area (Å²) in [5.74, 6) is -0.354. The number of nitriles is 1. The Morgan fingerprint density at radius 2 is 1.79 bits per heavy atom. The van der Waals surface area contributed by atoms with Crippen molar-refractivity contribution in [3.63, 3.8) is 0 Å². The molecule has 0 radical (unpaired) electrons. The van der Waals surface area contributed by atoms with E-state index in [0.29, 0.717) is 17.7 Å². The van der Waals surface area contributed by atoms with Crippen molar-refractivity contribution in [3.05, 3.63) is 71.8 Å². The minimum absolute atomic E-state index is 0.324. The Bertz CT molecular complexity index is 888. The first-order valence-corrected chi connectivity index (χ1v) is 7.69. The molecule has 0 saturated carbocycles. The molecule has 0 aliphatic heterocycles. The van der Waals surface area contributed by atoms with E-state index in [1.54, 1.807) is 25.1 Å². The molecule has 24 heavy (non-hydrogen) atoms. The zero-order valence-electron chi connectivity index (χ0n) is 13.2. The third-order valence-corrected chi connectivity index (χ3v) is 3.70. The van der Waals surface area contributed by atoms with Gasteiger partial charge in [0, 0.05) is 5.69 Å². The lowest BCUT2D eigenvalue weighted by atomic mass is 10.1. The van der Waals surface area contributed by atoms with E-state index in [1.165, 1.54) is 0 Å². The number of esters is 1. The third-order valence-electron chi connectivity index (χ3n) is 3.70. The summed E-state index contributed by atoms with van der Waals surface area (Å²) in [6.45, 7) is 2.11. The number of rotatable bonds is 4. The molecule has 1 N–H and O–H groups in total. The molecular formula is C20H16N2O2. The Kier molecular flexibility index (Phi) is 4.44. The predicted octanol–water partition coefficient (Wildman–Crippen LogP) is 4.40. The number of ether oxygens (including phenoxy) is 1. The van der Waals surface area contributed by atoms with Gasteiger partial charge in [0.25, 0.3) is 0 Å². The maximum atomic E-state index is 12.3. The molecule has 0 unspecified atom stereocenters. The summed E-state index contributed by atoms with van der Waals surface area (Å²) in [7, 11) is 0. The molecule has 3 rings (SSSR count). The summed E-state index contributed by atoms with van der Waals surface area (Å²) in [5, 5.41) is 8.91. The molecule has 0 spiro atoms. The molecule has 2 aromatic carbocycles. The third kappa shape index (κ3) is 3.06. The molecule has 4 nitrogen and oxygen atoms in total. The Morgan fingerprint density at radius 1 is 1.08 bits per heavy atom. The fourth-order valence-electron chi connectivity index (χ4n) is 2.54. The summed E-state index contributed by atoms with van der Waals surface area (Å²) in [5.41, 5.74) is 4.46. The lowest BCUT2D eigenvalue weighted by molar-refractivity contribution is 0.0527. The predicted molar refractivity (Wildman–Crippen MR) is 92.3 cm³/mol. The first-order valence-electron chi connectivity index (χ1n) is 7.69. The highest BCUT2D eigenvalue weighted by Crippen LogP contribution is 2.29. The number of hydrogen-bond acceptors (Lipinski definition) is 3. The lowest BCUT2D eigenvalue weighted by Crippen LogP contribution is -2.04. The van der Waals surface area contributed by atoms with Crippen LogP contribution in [0.15, 0.2) is 60.7 Å². The van der Waals surface area contributed by atoms with E-state index in [-0.39, 0.29) is 5.97 Å². The Morgan fingerprint density at radius 3 is 2.42 bits per heavy atom. The van der Waals surface area contributed by atoms with Crippen LogP contribution in [-0.4, -0.2) is 17.6 Å². The van der Waals surface area contributed by atoms with Crippen molar-refractivity contribution in [2.75, 3.05) is 6.61 Å². The molecule has 0 atom stereocenters. The van der Waals surface area contributed by atoms with E-state index < -0.39 is 0 Å². The normalized spacial score (nSPS) is 10.2. The van der Waals surface area contributed by atoms with Gasteiger partial charge >= 0.3 is 5.97 Å². The first-order chi connectivity index (χ1) is 11.7. The molecule has 4 heteroatoms. The van der Waals surface area contributed by atoms with E-state index >= 15 is 0 Å². The zero-order chi connectivity index (χ0) is 16.9. The van der Waals surface area contributed by atoms with Crippen molar-refractivity contribution >= 4 is 5.97 Å². The molecule has 0 fully saturated rings. The fraction of sp³-hybridized carbons (Fsp3) is 0.100. The summed E-state index contributed by atoms with van der Waals surface area (Å²) >= 11 is 0. The van der Waals surface area contributed by atoms with Gasteiger partial charge in [-0.15, -0.1) is 0 Å². The number of nitrogens with one attached hydrogen (secondary N) is 1. The number of aromatic amines is 1. The second-order valence-corrected chi connectivity index (χ2v) is 5.25. The van der Waals surface area contributed by atoms with Crippen LogP contribution in [0.2, 0.25) is 0 Å². The molecule has 3 aromatic rings. The van der Waals surface area contributed by atoms with Gasteiger partial charge in [-0.05, 0) is 36.2 Å². The van der Waals surface area contributed by atoms with E-state index in [9.17, 15) is 4.79 Å². The number of carbonyl (C=O) groups is 1. The first kappa shape index (κ1) is 15.6. The summed E-state index contributed by atoms with van der Waals surface area (Å²) < 4.78 is 5.17. The van der Waals surface area contributed by atoms with Gasteiger partial charge in [0.05, 0.1) is 29.5 Å². The fourth-order valence-corrected chi connectivity index (χ4v) is 2.54. The van der Waals surface area contributed by atoms with Crippen LogP contribution in [0.25, 0.3) is 22.5 Å². The Hall–Kier alpha value is -3.32. The Balaban J connectivity index is 2.08. The standard InChI is InChI=1S/C20H16N2O2/c1-2-24-20(23)17-12-18(15-10-8-14(13-21)9-11-15)22-19(17)16-6-4-3-5-7-16/h3-12,22H,2H2,1H3. The lowest BCUT2D eigenvalue weighted by Gasteiger charge is -2.03. The van der Waals surface area contributed by atoms with Crippen LogP contribution in [0.5, 0.6) is 0 Å². The van der Waals surface area contributed by atoms with Crippen LogP contribution in [0, 0.1) is 11.3 Å². The smallest absolute Gasteiger partial charge is 0.340 e. The number of hydrogen-bond donors (Lipinski definition) is 1. The van der Waals surface area contributed by atoms with E-state index in [4.69, 9.17) is 10.00 Å². The summed E-state index contributed by atoms with van der Waals surface area (Å²) in [6.07, 6.45) is 0. The number of H-pyrrole nitrogens is 1. The summed E-state index contributed by atoms with van der Waals surface area (Å²) in [4.78, 5) is 15.6. The van der Waals surface area contributed by atoms with Crippen molar-refractivity contribution < 1.29 is 9.53 Å². The topological polar surface area (TPSA) is 65.9 Å². The minimum atomic E-state index is -0.354. The highest BCUT2D eigenvalue weighted by atomic mass is 16.5. The minimum Gasteiger partial charge on any atom is -0.462 e. The molecule has 0 amide bonds. The largest absolute Gasteiger partial charge is 0.462 e. The maximum Gasteiger partial charge on any atom is 0.340 e. The highest BCUT2D eigenvalue weighted by Gasteiger charge is 2.18. The van der Waals surface area contributed by atoms with Crippen LogP contribution in [0.1, 0.15) is 22.8 Å². The van der Waals surface area contributed by atoms with Gasteiger partial charge < -0.3 is 9.72 Å². The molecule has 118 valence electrons. The zero-order valence-corrected chi connectivity index (χ0v) is 13.2. The van der Waals surface area contributed by atoms with Gasteiger partial charge in [-0.3, -0.25) is 0 Å².